The second kappa shape index (κ2) is 6.21. The summed E-state index contributed by atoms with van der Waals surface area (Å²) in [5.41, 5.74) is 3.32. The molecule has 0 fully saturated rings. The topological polar surface area (TPSA) is 39.1 Å². The first-order chi connectivity index (χ1) is 11.1. The molecule has 1 heterocycles. The number of benzene rings is 2. The molecule has 3 aromatic rings. The molecule has 0 aliphatic heterocycles. The van der Waals surface area contributed by atoms with Gasteiger partial charge in [-0.25, -0.2) is 0 Å². The molecule has 0 amide bonds. The van der Waals surface area contributed by atoms with Gasteiger partial charge in [0, 0.05) is 34.6 Å². The molecular weight excluding hydrogens is 286 g/mol. The van der Waals surface area contributed by atoms with Crippen molar-refractivity contribution < 1.29 is 9.59 Å². The van der Waals surface area contributed by atoms with Gasteiger partial charge in [0.1, 0.15) is 6.29 Å². The average molecular weight is 305 g/mol. The Hall–Kier alpha value is -2.68. The molecule has 2 aromatic carbocycles. The van der Waals surface area contributed by atoms with E-state index in [-0.39, 0.29) is 11.8 Å². The first-order valence-corrected chi connectivity index (χ1v) is 7.78. The highest BCUT2D eigenvalue weighted by molar-refractivity contribution is 6.17. The first kappa shape index (κ1) is 15.2. The van der Waals surface area contributed by atoms with Crippen molar-refractivity contribution in [3.05, 3.63) is 71.4 Å². The van der Waals surface area contributed by atoms with Crippen molar-refractivity contribution in [3.63, 3.8) is 0 Å². The van der Waals surface area contributed by atoms with E-state index in [4.69, 9.17) is 0 Å². The molecule has 23 heavy (non-hydrogen) atoms. The van der Waals surface area contributed by atoms with Crippen molar-refractivity contribution in [2.45, 2.75) is 26.3 Å². The van der Waals surface area contributed by atoms with Gasteiger partial charge in [-0.05, 0) is 19.9 Å². The van der Waals surface area contributed by atoms with Gasteiger partial charge in [0.2, 0.25) is 0 Å². The van der Waals surface area contributed by atoms with Crippen LogP contribution in [0.5, 0.6) is 0 Å². The van der Waals surface area contributed by atoms with Gasteiger partial charge >= 0.3 is 0 Å². The molecule has 0 spiro atoms. The van der Waals surface area contributed by atoms with E-state index in [1.165, 1.54) is 0 Å². The number of fused-ring (bicyclic) bond motifs is 1. The summed E-state index contributed by atoms with van der Waals surface area (Å²) in [5, 5.41) is 0.941. The van der Waals surface area contributed by atoms with Gasteiger partial charge in [-0.1, -0.05) is 48.5 Å². The quantitative estimate of drug-likeness (QED) is 0.520. The van der Waals surface area contributed by atoms with Gasteiger partial charge < -0.3 is 9.36 Å². The summed E-state index contributed by atoms with van der Waals surface area (Å²) in [5.74, 6) is 0.0244. The zero-order chi connectivity index (χ0) is 16.4. The lowest BCUT2D eigenvalue weighted by atomic mass is 10.0. The summed E-state index contributed by atoms with van der Waals surface area (Å²) >= 11 is 0. The van der Waals surface area contributed by atoms with Crippen LogP contribution in [0.4, 0.5) is 0 Å². The molecule has 3 heteroatoms. The van der Waals surface area contributed by atoms with Gasteiger partial charge in [-0.3, -0.25) is 4.79 Å². The largest absolute Gasteiger partial charge is 0.341 e. The summed E-state index contributed by atoms with van der Waals surface area (Å²) in [7, 11) is 0. The highest BCUT2D eigenvalue weighted by atomic mass is 16.1. The molecule has 1 atom stereocenters. The Balaban J connectivity index is 2.23. The second-order valence-corrected chi connectivity index (χ2v) is 5.79. The lowest BCUT2D eigenvalue weighted by Crippen LogP contribution is -2.09. The van der Waals surface area contributed by atoms with Gasteiger partial charge in [0.25, 0.3) is 0 Å². The van der Waals surface area contributed by atoms with E-state index in [9.17, 15) is 9.59 Å². The first-order valence-electron chi connectivity index (χ1n) is 7.78. The van der Waals surface area contributed by atoms with Gasteiger partial charge in [0.15, 0.2) is 5.78 Å². The van der Waals surface area contributed by atoms with Crippen LogP contribution in [-0.4, -0.2) is 16.6 Å². The minimum Gasteiger partial charge on any atom is -0.341 e. The predicted molar refractivity (Wildman–Crippen MR) is 91.9 cm³/mol. The molecule has 0 saturated carbocycles. The van der Waals surface area contributed by atoms with Crippen LogP contribution in [0.1, 0.15) is 41.0 Å². The Morgan fingerprint density at radius 2 is 1.74 bits per heavy atom. The molecule has 0 aliphatic carbocycles. The summed E-state index contributed by atoms with van der Waals surface area (Å²) < 4.78 is 2.10. The van der Waals surface area contributed by atoms with Crippen LogP contribution in [-0.2, 0) is 4.79 Å². The number of hydrogen-bond donors (Lipinski definition) is 0. The molecule has 0 radical (unpaired) electrons. The van der Waals surface area contributed by atoms with Crippen molar-refractivity contribution in [1.82, 2.24) is 4.57 Å². The Morgan fingerprint density at radius 3 is 2.43 bits per heavy atom. The fraction of sp³-hybridized carbons (Fsp3) is 0.200. The molecule has 0 N–H and O–H groups in total. The number of aldehydes is 1. The Morgan fingerprint density at radius 1 is 1.09 bits per heavy atom. The average Bonchev–Trinajstić information content (AvgIpc) is 2.87. The maximum atomic E-state index is 13.0. The van der Waals surface area contributed by atoms with Crippen LogP contribution in [0.25, 0.3) is 10.9 Å². The highest BCUT2D eigenvalue weighted by Crippen LogP contribution is 2.31. The van der Waals surface area contributed by atoms with Crippen LogP contribution in [0.2, 0.25) is 0 Å². The number of carbonyl (C=O) groups is 2. The minimum atomic E-state index is 0.0229. The summed E-state index contributed by atoms with van der Waals surface area (Å²) in [4.78, 5) is 23.9. The van der Waals surface area contributed by atoms with Crippen LogP contribution in [0.15, 0.2) is 54.6 Å². The molecule has 3 rings (SSSR count). The van der Waals surface area contributed by atoms with Gasteiger partial charge in [-0.2, -0.15) is 0 Å². The number of rotatable bonds is 5. The SMILES string of the molecule is Cc1c(C(=O)c2ccccc2)c2ccccc2n1C(C)CC=O. The minimum absolute atomic E-state index is 0.0229. The van der Waals surface area contributed by atoms with E-state index in [0.29, 0.717) is 12.0 Å². The summed E-state index contributed by atoms with van der Waals surface area (Å²) in [6.45, 7) is 3.96. The normalized spacial score (nSPS) is 12.3. The lowest BCUT2D eigenvalue weighted by molar-refractivity contribution is -0.108. The van der Waals surface area contributed by atoms with Crippen molar-refractivity contribution in [2.75, 3.05) is 0 Å². The number of nitrogens with zero attached hydrogens (tertiary/aromatic N) is 1. The molecule has 0 saturated heterocycles. The maximum absolute atomic E-state index is 13.0. The molecule has 1 unspecified atom stereocenters. The number of hydrogen-bond acceptors (Lipinski definition) is 2. The zero-order valence-corrected chi connectivity index (χ0v) is 13.3. The van der Waals surface area contributed by atoms with E-state index < -0.39 is 0 Å². The third-order valence-corrected chi connectivity index (χ3v) is 4.30. The third-order valence-electron chi connectivity index (χ3n) is 4.30. The Kier molecular flexibility index (Phi) is 4.11. The number of carbonyl (C=O) groups excluding carboxylic acids is 2. The number of para-hydroxylation sites is 1. The Labute approximate surface area is 135 Å². The van der Waals surface area contributed by atoms with Crippen molar-refractivity contribution >= 4 is 23.0 Å². The van der Waals surface area contributed by atoms with Crippen LogP contribution < -0.4 is 0 Å². The van der Waals surface area contributed by atoms with Crippen molar-refractivity contribution in [1.29, 1.82) is 0 Å². The van der Waals surface area contributed by atoms with Gasteiger partial charge in [0.05, 0.1) is 5.56 Å². The Bertz CT molecular complexity index is 862. The van der Waals surface area contributed by atoms with Gasteiger partial charge in [-0.15, -0.1) is 0 Å². The molecule has 1 aromatic heterocycles. The lowest BCUT2D eigenvalue weighted by Gasteiger charge is -2.15. The van der Waals surface area contributed by atoms with Crippen molar-refractivity contribution in [3.8, 4) is 0 Å². The summed E-state index contributed by atoms with van der Waals surface area (Å²) in [6.07, 6.45) is 1.36. The summed E-state index contributed by atoms with van der Waals surface area (Å²) in [6, 6.07) is 17.2. The van der Waals surface area contributed by atoms with E-state index in [2.05, 4.69) is 4.57 Å². The van der Waals surface area contributed by atoms with Crippen LogP contribution in [0.3, 0.4) is 0 Å². The second-order valence-electron chi connectivity index (χ2n) is 5.79. The van der Waals surface area contributed by atoms with Crippen molar-refractivity contribution in [2.24, 2.45) is 0 Å². The molecule has 116 valence electrons. The van der Waals surface area contributed by atoms with Crippen LogP contribution in [0, 0.1) is 6.92 Å². The number of ketones is 1. The van der Waals surface area contributed by atoms with E-state index >= 15 is 0 Å². The number of aromatic nitrogens is 1. The zero-order valence-electron chi connectivity index (χ0n) is 13.3. The fourth-order valence-electron chi connectivity index (χ4n) is 3.22. The van der Waals surface area contributed by atoms with Crippen LogP contribution >= 0.6 is 0 Å². The molecule has 0 aliphatic rings. The van der Waals surface area contributed by atoms with E-state index in [1.807, 2.05) is 68.4 Å². The maximum Gasteiger partial charge on any atom is 0.195 e. The smallest absolute Gasteiger partial charge is 0.195 e. The third kappa shape index (κ3) is 2.59. The molecule has 3 nitrogen and oxygen atoms in total. The van der Waals surface area contributed by atoms with E-state index in [0.717, 1.165) is 28.4 Å². The fourth-order valence-corrected chi connectivity index (χ4v) is 3.22. The molecule has 0 bridgehead atoms. The molecular formula is C20H19NO2. The predicted octanol–water partition coefficient (Wildman–Crippen LogP) is 4.33. The van der Waals surface area contributed by atoms with E-state index in [1.54, 1.807) is 0 Å². The highest BCUT2D eigenvalue weighted by Gasteiger charge is 2.22. The standard InChI is InChI=1S/C20H19NO2/c1-14(12-13-22)21-15(2)19(17-10-6-7-11-18(17)21)20(23)16-8-4-3-5-9-16/h3-11,13-14H,12H2,1-2H3. The monoisotopic (exact) mass is 305 g/mol.